The fraction of sp³-hybridized carbons (Fsp3) is 0.263. The van der Waals surface area contributed by atoms with Crippen LogP contribution in [0.2, 0.25) is 0 Å². The van der Waals surface area contributed by atoms with E-state index in [2.05, 4.69) is 4.72 Å². The van der Waals surface area contributed by atoms with Crippen molar-refractivity contribution in [3.63, 3.8) is 0 Å². The highest BCUT2D eigenvalue weighted by Gasteiger charge is 2.30. The van der Waals surface area contributed by atoms with Gasteiger partial charge in [0, 0.05) is 6.42 Å². The van der Waals surface area contributed by atoms with Crippen molar-refractivity contribution in [2.75, 3.05) is 11.3 Å². The smallest absolute Gasteiger partial charge is 0.347 e. The first-order valence-electron chi connectivity index (χ1n) is 8.34. The van der Waals surface area contributed by atoms with E-state index in [9.17, 15) is 18.0 Å². The van der Waals surface area contributed by atoms with E-state index in [-0.39, 0.29) is 23.5 Å². The molecular weight excluding hydrogens is 370 g/mol. The maximum absolute atomic E-state index is 12.7. The first-order valence-corrected chi connectivity index (χ1v) is 9.82. The van der Waals surface area contributed by atoms with Gasteiger partial charge in [-0.05, 0) is 43.7 Å². The Morgan fingerprint density at radius 2 is 1.96 bits per heavy atom. The average molecular weight is 389 g/mol. The van der Waals surface area contributed by atoms with Crippen LogP contribution >= 0.6 is 0 Å². The van der Waals surface area contributed by atoms with Crippen LogP contribution in [0.3, 0.4) is 0 Å². The molecular formula is C19H19NO6S. The van der Waals surface area contributed by atoms with E-state index in [4.69, 9.17) is 9.47 Å². The molecule has 1 atom stereocenters. The number of sulfonamides is 1. The van der Waals surface area contributed by atoms with Crippen molar-refractivity contribution >= 4 is 27.6 Å². The first-order chi connectivity index (χ1) is 12.8. The molecule has 0 radical (unpaired) electrons. The minimum absolute atomic E-state index is 0.0400. The van der Waals surface area contributed by atoms with Gasteiger partial charge in [0.05, 0.1) is 22.8 Å². The third kappa shape index (κ3) is 4.28. The van der Waals surface area contributed by atoms with Crippen LogP contribution in [0.4, 0.5) is 5.69 Å². The van der Waals surface area contributed by atoms with Gasteiger partial charge in [0.15, 0.2) is 0 Å². The van der Waals surface area contributed by atoms with Crippen LogP contribution in [0.5, 0.6) is 0 Å². The van der Waals surface area contributed by atoms with Crippen molar-refractivity contribution < 1.29 is 27.5 Å². The molecule has 7 nitrogen and oxygen atoms in total. The molecule has 8 heteroatoms. The van der Waals surface area contributed by atoms with Gasteiger partial charge in [-0.15, -0.1) is 0 Å². The molecule has 1 fully saturated rings. The zero-order valence-electron chi connectivity index (χ0n) is 14.9. The number of ether oxygens (including phenoxy) is 2. The molecule has 1 N–H and O–H groups in total. The van der Waals surface area contributed by atoms with E-state index in [1.54, 1.807) is 19.1 Å². The molecule has 0 unspecified atom stereocenters. The Morgan fingerprint density at radius 3 is 2.63 bits per heavy atom. The Bertz CT molecular complexity index is 999. The molecule has 1 aliphatic heterocycles. The number of carbonyl (C=O) groups is 2. The largest absolute Gasteiger partial charge is 0.463 e. The van der Waals surface area contributed by atoms with Crippen LogP contribution in [0.25, 0.3) is 0 Å². The molecule has 1 saturated heterocycles. The minimum Gasteiger partial charge on any atom is -0.463 e. The number of anilines is 1. The van der Waals surface area contributed by atoms with Gasteiger partial charge in [0.1, 0.15) is 0 Å². The third-order valence-electron chi connectivity index (χ3n) is 4.14. The van der Waals surface area contributed by atoms with E-state index < -0.39 is 28.1 Å². The zero-order chi connectivity index (χ0) is 19.6. The molecule has 0 aromatic heterocycles. The summed E-state index contributed by atoms with van der Waals surface area (Å²) >= 11 is 0. The second-order valence-electron chi connectivity index (χ2n) is 6.30. The molecule has 2 aromatic carbocycles. The monoisotopic (exact) mass is 389 g/mol. The summed E-state index contributed by atoms with van der Waals surface area (Å²) in [6.45, 7) is 3.92. The summed E-state index contributed by atoms with van der Waals surface area (Å²) < 4.78 is 37.7. The highest BCUT2D eigenvalue weighted by atomic mass is 32.2. The summed E-state index contributed by atoms with van der Waals surface area (Å²) in [6.07, 6.45) is -0.664. The standard InChI is InChI=1S/C19H19NO6S/c1-12-6-7-16(13(2)10-12)20-27(23,24)15-5-3-4-14(11-15)18(21)26-17-8-9-25-19(17)22/h3-7,10-11,17,20H,8-9H2,1-2H3/t17-/m0/s1. The van der Waals surface area contributed by atoms with Gasteiger partial charge in [0.25, 0.3) is 10.0 Å². The SMILES string of the molecule is Cc1ccc(NS(=O)(=O)c2cccc(C(=O)O[C@H]3CCOC3=O)c2)c(C)c1. The molecule has 142 valence electrons. The lowest BCUT2D eigenvalue weighted by molar-refractivity contribution is -0.145. The molecule has 0 amide bonds. The molecule has 27 heavy (non-hydrogen) atoms. The molecule has 0 aliphatic carbocycles. The second kappa shape index (κ2) is 7.40. The molecule has 1 heterocycles. The van der Waals surface area contributed by atoms with E-state index in [1.807, 2.05) is 13.0 Å². The normalized spacial score (nSPS) is 16.7. The van der Waals surface area contributed by atoms with Gasteiger partial charge in [0.2, 0.25) is 6.10 Å². The number of hydrogen-bond acceptors (Lipinski definition) is 6. The predicted octanol–water partition coefficient (Wildman–Crippen LogP) is 2.58. The van der Waals surface area contributed by atoms with Gasteiger partial charge in [-0.2, -0.15) is 0 Å². The minimum atomic E-state index is -3.89. The lowest BCUT2D eigenvalue weighted by atomic mass is 10.1. The number of benzene rings is 2. The second-order valence-corrected chi connectivity index (χ2v) is 7.98. The number of cyclic esters (lactones) is 1. The highest BCUT2D eigenvalue weighted by Crippen LogP contribution is 2.22. The van der Waals surface area contributed by atoms with Crippen molar-refractivity contribution in [2.45, 2.75) is 31.3 Å². The van der Waals surface area contributed by atoms with E-state index in [0.29, 0.717) is 5.69 Å². The maximum Gasteiger partial charge on any atom is 0.347 e. The molecule has 3 rings (SSSR count). The van der Waals surface area contributed by atoms with Crippen molar-refractivity contribution in [1.29, 1.82) is 0 Å². The molecule has 1 aliphatic rings. The van der Waals surface area contributed by atoms with Crippen molar-refractivity contribution in [3.05, 3.63) is 59.2 Å². The fourth-order valence-corrected chi connectivity index (χ4v) is 3.88. The molecule has 0 spiro atoms. The first kappa shape index (κ1) is 18.9. The Labute approximate surface area is 157 Å². The molecule has 0 bridgehead atoms. The van der Waals surface area contributed by atoms with Gasteiger partial charge < -0.3 is 9.47 Å². The number of esters is 2. The van der Waals surface area contributed by atoms with Crippen LogP contribution < -0.4 is 4.72 Å². The fourth-order valence-electron chi connectivity index (χ4n) is 2.70. The molecule has 2 aromatic rings. The predicted molar refractivity (Wildman–Crippen MR) is 97.9 cm³/mol. The summed E-state index contributed by atoms with van der Waals surface area (Å²) in [6, 6.07) is 10.8. The van der Waals surface area contributed by atoms with Crippen LogP contribution in [0.15, 0.2) is 47.4 Å². The summed E-state index contributed by atoms with van der Waals surface area (Å²) in [5.74, 6) is -1.37. The Kier molecular flexibility index (Phi) is 5.18. The van der Waals surface area contributed by atoms with Crippen LogP contribution in [0, 0.1) is 13.8 Å². The van der Waals surface area contributed by atoms with Crippen LogP contribution in [-0.2, 0) is 24.3 Å². The van der Waals surface area contributed by atoms with Gasteiger partial charge in [-0.25, -0.2) is 18.0 Å². The van der Waals surface area contributed by atoms with Crippen molar-refractivity contribution in [3.8, 4) is 0 Å². The maximum atomic E-state index is 12.7. The van der Waals surface area contributed by atoms with Gasteiger partial charge in [-0.3, -0.25) is 4.72 Å². The average Bonchev–Trinajstić information content (AvgIpc) is 3.02. The van der Waals surface area contributed by atoms with Crippen molar-refractivity contribution in [2.24, 2.45) is 0 Å². The number of carbonyl (C=O) groups excluding carboxylic acids is 2. The summed E-state index contributed by atoms with van der Waals surface area (Å²) in [5, 5.41) is 0. The van der Waals surface area contributed by atoms with Gasteiger partial charge >= 0.3 is 11.9 Å². The summed E-state index contributed by atoms with van der Waals surface area (Å²) in [5.41, 5.74) is 2.31. The van der Waals surface area contributed by atoms with Crippen LogP contribution in [0.1, 0.15) is 27.9 Å². The topological polar surface area (TPSA) is 98.8 Å². The van der Waals surface area contributed by atoms with Crippen molar-refractivity contribution in [1.82, 2.24) is 0 Å². The lowest BCUT2D eigenvalue weighted by Crippen LogP contribution is -2.23. The van der Waals surface area contributed by atoms with Gasteiger partial charge in [-0.1, -0.05) is 23.8 Å². The van der Waals surface area contributed by atoms with E-state index >= 15 is 0 Å². The number of aryl methyl sites for hydroxylation is 2. The Hall–Kier alpha value is -2.87. The number of nitrogens with one attached hydrogen (secondary N) is 1. The lowest BCUT2D eigenvalue weighted by Gasteiger charge is -2.12. The third-order valence-corrected chi connectivity index (χ3v) is 5.51. The zero-order valence-corrected chi connectivity index (χ0v) is 15.7. The Morgan fingerprint density at radius 1 is 1.19 bits per heavy atom. The highest BCUT2D eigenvalue weighted by molar-refractivity contribution is 7.92. The quantitative estimate of drug-likeness (QED) is 0.789. The Balaban J connectivity index is 1.81. The van der Waals surface area contributed by atoms with E-state index in [1.165, 1.54) is 24.3 Å². The summed E-state index contributed by atoms with van der Waals surface area (Å²) in [4.78, 5) is 23.6. The van der Waals surface area contributed by atoms with E-state index in [0.717, 1.165) is 11.1 Å². The van der Waals surface area contributed by atoms with Crippen LogP contribution in [-0.4, -0.2) is 33.1 Å². The summed E-state index contributed by atoms with van der Waals surface area (Å²) in [7, 11) is -3.89. The number of rotatable bonds is 5. The molecule has 0 saturated carbocycles. The number of hydrogen-bond donors (Lipinski definition) is 1.